The monoisotopic (exact) mass is 413 g/mol. The summed E-state index contributed by atoms with van der Waals surface area (Å²) in [7, 11) is 0. The molecule has 0 radical (unpaired) electrons. The van der Waals surface area contributed by atoms with Crippen LogP contribution in [0, 0.1) is 17.1 Å². The number of hydrogen-bond donors (Lipinski definition) is 0. The molecule has 31 heavy (non-hydrogen) atoms. The first-order chi connectivity index (χ1) is 15.1. The Morgan fingerprint density at radius 1 is 1.06 bits per heavy atom. The van der Waals surface area contributed by atoms with E-state index in [1.807, 2.05) is 61.5 Å². The highest BCUT2D eigenvalue weighted by molar-refractivity contribution is 5.90. The second-order valence-corrected chi connectivity index (χ2v) is 6.89. The highest BCUT2D eigenvalue weighted by atomic mass is 19.1. The number of ether oxygens (including phenoxy) is 2. The van der Waals surface area contributed by atoms with Crippen molar-refractivity contribution in [2.45, 2.75) is 20.0 Å². The highest BCUT2D eigenvalue weighted by Crippen LogP contribution is 2.36. The Morgan fingerprint density at radius 2 is 1.87 bits per heavy atom. The average Bonchev–Trinajstić information content (AvgIpc) is 2.78. The van der Waals surface area contributed by atoms with Crippen LogP contribution in [0.4, 0.5) is 4.39 Å². The summed E-state index contributed by atoms with van der Waals surface area (Å²) in [6, 6.07) is 21.9. The predicted molar refractivity (Wildman–Crippen MR) is 122 cm³/mol. The van der Waals surface area contributed by atoms with Gasteiger partial charge in [-0.15, -0.1) is 6.58 Å². The summed E-state index contributed by atoms with van der Waals surface area (Å²) in [5.41, 5.74) is 3.85. The Kier molecular flexibility index (Phi) is 7.61. The van der Waals surface area contributed by atoms with Crippen molar-refractivity contribution in [1.82, 2.24) is 0 Å². The molecule has 0 saturated heterocycles. The van der Waals surface area contributed by atoms with Crippen molar-refractivity contribution in [3.63, 3.8) is 0 Å². The minimum Gasteiger partial charge on any atom is -0.490 e. The van der Waals surface area contributed by atoms with Crippen LogP contribution in [0.25, 0.3) is 11.6 Å². The second kappa shape index (κ2) is 10.8. The summed E-state index contributed by atoms with van der Waals surface area (Å²) in [6.45, 7) is 6.41. The molecule has 0 amide bonds. The quantitative estimate of drug-likeness (QED) is 0.226. The van der Waals surface area contributed by atoms with Gasteiger partial charge in [-0.2, -0.15) is 5.26 Å². The van der Waals surface area contributed by atoms with Gasteiger partial charge >= 0.3 is 0 Å². The summed E-state index contributed by atoms with van der Waals surface area (Å²) in [5, 5.41) is 9.65. The van der Waals surface area contributed by atoms with E-state index in [4.69, 9.17) is 9.47 Å². The van der Waals surface area contributed by atoms with Crippen LogP contribution in [-0.2, 0) is 13.0 Å². The van der Waals surface area contributed by atoms with Crippen molar-refractivity contribution < 1.29 is 13.9 Å². The first-order valence-corrected chi connectivity index (χ1v) is 10.1. The lowest BCUT2D eigenvalue weighted by molar-refractivity contribution is 0.267. The van der Waals surface area contributed by atoms with Gasteiger partial charge in [0.2, 0.25) is 0 Å². The van der Waals surface area contributed by atoms with Gasteiger partial charge in [-0.05, 0) is 60.4 Å². The molecule has 3 aromatic rings. The van der Waals surface area contributed by atoms with Gasteiger partial charge in [0, 0.05) is 5.56 Å². The van der Waals surface area contributed by atoms with E-state index < -0.39 is 0 Å². The third-order valence-electron chi connectivity index (χ3n) is 4.61. The van der Waals surface area contributed by atoms with Crippen molar-refractivity contribution >= 4 is 11.6 Å². The zero-order chi connectivity index (χ0) is 22.1. The normalized spacial score (nSPS) is 10.9. The van der Waals surface area contributed by atoms with E-state index in [1.54, 1.807) is 12.1 Å². The van der Waals surface area contributed by atoms with Crippen LogP contribution in [0.5, 0.6) is 11.5 Å². The number of hydrogen-bond acceptors (Lipinski definition) is 3. The zero-order valence-corrected chi connectivity index (χ0v) is 17.5. The van der Waals surface area contributed by atoms with Crippen molar-refractivity contribution in [2.75, 3.05) is 6.61 Å². The van der Waals surface area contributed by atoms with Gasteiger partial charge in [0.1, 0.15) is 12.4 Å². The van der Waals surface area contributed by atoms with Crippen LogP contribution in [0.1, 0.15) is 29.2 Å². The standard InChI is InChI=1S/C27H24FNO2/c1-3-9-23-14-21(15-24(18-29)22-11-6-5-7-12-22)17-26(30-4-2)27(23)31-19-20-10-8-13-25(28)16-20/h3,5-8,10-17H,1,4,9,19H2,2H3/b24-15+. The molecule has 0 bridgehead atoms. The first-order valence-electron chi connectivity index (χ1n) is 10.1. The summed E-state index contributed by atoms with van der Waals surface area (Å²) in [5.74, 6) is 0.874. The Labute approximate surface area is 182 Å². The first kappa shape index (κ1) is 21.9. The molecule has 0 atom stereocenters. The summed E-state index contributed by atoms with van der Waals surface area (Å²) in [4.78, 5) is 0. The predicted octanol–water partition coefficient (Wildman–Crippen LogP) is 6.60. The fourth-order valence-electron chi connectivity index (χ4n) is 3.25. The number of halogens is 1. The molecule has 3 nitrogen and oxygen atoms in total. The lowest BCUT2D eigenvalue weighted by atomic mass is 10.0. The van der Waals surface area contributed by atoms with Crippen LogP contribution in [0.2, 0.25) is 0 Å². The van der Waals surface area contributed by atoms with Gasteiger partial charge in [0.05, 0.1) is 18.2 Å². The van der Waals surface area contributed by atoms with Crippen molar-refractivity contribution in [3.05, 3.63) is 107 Å². The van der Waals surface area contributed by atoms with Crippen molar-refractivity contribution in [1.29, 1.82) is 5.26 Å². The molecule has 0 unspecified atom stereocenters. The number of rotatable bonds is 9. The molecule has 0 aliphatic heterocycles. The Morgan fingerprint density at radius 3 is 2.55 bits per heavy atom. The maximum atomic E-state index is 13.5. The number of nitrogens with zero attached hydrogens (tertiary/aromatic N) is 1. The van der Waals surface area contributed by atoms with E-state index >= 15 is 0 Å². The molecule has 156 valence electrons. The maximum absolute atomic E-state index is 13.5. The fourth-order valence-corrected chi connectivity index (χ4v) is 3.25. The minimum atomic E-state index is -0.303. The van der Waals surface area contributed by atoms with Crippen LogP contribution in [-0.4, -0.2) is 6.61 Å². The lowest BCUT2D eigenvalue weighted by Crippen LogP contribution is -2.03. The summed E-state index contributed by atoms with van der Waals surface area (Å²) >= 11 is 0. The molecule has 3 aromatic carbocycles. The van der Waals surface area contributed by atoms with E-state index in [0.717, 1.165) is 22.3 Å². The lowest BCUT2D eigenvalue weighted by Gasteiger charge is -2.17. The molecular formula is C27H24FNO2. The van der Waals surface area contributed by atoms with Gasteiger partial charge in [-0.1, -0.05) is 48.5 Å². The van der Waals surface area contributed by atoms with Crippen molar-refractivity contribution in [2.24, 2.45) is 0 Å². The smallest absolute Gasteiger partial charge is 0.165 e. The number of benzene rings is 3. The maximum Gasteiger partial charge on any atom is 0.165 e. The largest absolute Gasteiger partial charge is 0.490 e. The molecule has 0 heterocycles. The number of nitriles is 1. The fraction of sp³-hybridized carbons (Fsp3) is 0.148. The van der Waals surface area contributed by atoms with Crippen LogP contribution >= 0.6 is 0 Å². The van der Waals surface area contributed by atoms with Gasteiger partial charge in [-0.25, -0.2) is 4.39 Å². The topological polar surface area (TPSA) is 42.2 Å². The molecule has 0 aliphatic carbocycles. The van der Waals surface area contributed by atoms with Gasteiger partial charge in [-0.3, -0.25) is 0 Å². The zero-order valence-electron chi connectivity index (χ0n) is 17.5. The van der Waals surface area contributed by atoms with Gasteiger partial charge in [0.25, 0.3) is 0 Å². The van der Waals surface area contributed by atoms with Crippen molar-refractivity contribution in [3.8, 4) is 17.6 Å². The second-order valence-electron chi connectivity index (χ2n) is 6.89. The van der Waals surface area contributed by atoms with E-state index in [1.165, 1.54) is 12.1 Å². The van der Waals surface area contributed by atoms with Crippen LogP contribution < -0.4 is 9.47 Å². The van der Waals surface area contributed by atoms with E-state index in [0.29, 0.717) is 30.1 Å². The minimum absolute atomic E-state index is 0.213. The molecule has 0 fully saturated rings. The molecular weight excluding hydrogens is 389 g/mol. The third-order valence-corrected chi connectivity index (χ3v) is 4.61. The van der Waals surface area contributed by atoms with Crippen LogP contribution in [0.15, 0.2) is 79.4 Å². The van der Waals surface area contributed by atoms with Gasteiger partial charge < -0.3 is 9.47 Å². The molecule has 0 aromatic heterocycles. The van der Waals surface area contributed by atoms with E-state index in [-0.39, 0.29) is 12.4 Å². The van der Waals surface area contributed by atoms with E-state index in [2.05, 4.69) is 12.6 Å². The summed E-state index contributed by atoms with van der Waals surface area (Å²) in [6.07, 6.45) is 4.18. The number of allylic oxidation sites excluding steroid dienone is 2. The Balaban J connectivity index is 2.00. The molecule has 3 rings (SSSR count). The SMILES string of the molecule is C=CCc1cc(/C=C(\C#N)c2ccccc2)cc(OCC)c1OCc1cccc(F)c1. The summed E-state index contributed by atoms with van der Waals surface area (Å²) < 4.78 is 25.4. The average molecular weight is 413 g/mol. The Bertz CT molecular complexity index is 1110. The highest BCUT2D eigenvalue weighted by Gasteiger charge is 2.14. The Hall–Kier alpha value is -3.84. The molecule has 0 spiro atoms. The third kappa shape index (κ3) is 5.83. The molecule has 4 heteroatoms. The van der Waals surface area contributed by atoms with Crippen LogP contribution in [0.3, 0.4) is 0 Å². The molecule has 0 N–H and O–H groups in total. The van der Waals surface area contributed by atoms with E-state index in [9.17, 15) is 9.65 Å². The van der Waals surface area contributed by atoms with Gasteiger partial charge in [0.15, 0.2) is 11.5 Å². The molecule has 0 saturated carbocycles. The molecule has 0 aliphatic rings.